The van der Waals surface area contributed by atoms with Crippen LogP contribution < -0.4 is 5.32 Å². The van der Waals surface area contributed by atoms with Gasteiger partial charge in [-0.3, -0.25) is 9.59 Å². The van der Waals surface area contributed by atoms with E-state index < -0.39 is 35.7 Å². The van der Waals surface area contributed by atoms with Crippen molar-refractivity contribution in [2.75, 3.05) is 11.5 Å². The van der Waals surface area contributed by atoms with Crippen molar-refractivity contribution in [3.8, 4) is 0 Å². The van der Waals surface area contributed by atoms with E-state index in [1.807, 2.05) is 0 Å². The Labute approximate surface area is 191 Å². The van der Waals surface area contributed by atoms with Gasteiger partial charge in [0.15, 0.2) is 0 Å². The van der Waals surface area contributed by atoms with Gasteiger partial charge in [0.2, 0.25) is 5.91 Å². The van der Waals surface area contributed by atoms with Crippen LogP contribution in [0.5, 0.6) is 0 Å². The van der Waals surface area contributed by atoms with Crippen molar-refractivity contribution >= 4 is 29.6 Å². The monoisotopic (exact) mass is 453 g/mol. The number of rotatable bonds is 15. The van der Waals surface area contributed by atoms with Crippen LogP contribution in [0, 0.1) is 11.8 Å². The van der Waals surface area contributed by atoms with Crippen molar-refractivity contribution in [1.29, 1.82) is 0 Å². The molecule has 0 fully saturated rings. The molecule has 31 heavy (non-hydrogen) atoms. The number of amides is 1. The molecule has 0 aromatic carbocycles. The Hall–Kier alpha value is -2.02. The molecule has 3 N–H and O–H groups in total. The number of carboxylic acid groups (broad SMARTS) is 2. The Bertz CT molecular complexity index is 692. The molecule has 0 saturated heterocycles. The summed E-state index contributed by atoms with van der Waals surface area (Å²) < 4.78 is 0. The van der Waals surface area contributed by atoms with Gasteiger partial charge in [-0.2, -0.15) is 11.8 Å². The third-order valence-electron chi connectivity index (χ3n) is 5.12. The maximum absolute atomic E-state index is 12.1. The molecule has 0 bridgehead atoms. The van der Waals surface area contributed by atoms with Gasteiger partial charge in [0, 0.05) is 17.4 Å². The molecule has 0 aliphatic rings. The second kappa shape index (κ2) is 15.7. The van der Waals surface area contributed by atoms with E-state index in [0.717, 1.165) is 25.7 Å². The van der Waals surface area contributed by atoms with E-state index in [1.165, 1.54) is 42.3 Å². The van der Waals surface area contributed by atoms with Crippen LogP contribution in [0.25, 0.3) is 0 Å². The van der Waals surface area contributed by atoms with Crippen molar-refractivity contribution in [3.63, 3.8) is 0 Å². The number of hydrogen-bond acceptors (Lipinski definition) is 4. The Balaban J connectivity index is 4.41. The molecule has 0 aromatic heterocycles. The topological polar surface area (TPSA) is 104 Å². The lowest BCUT2D eigenvalue weighted by Crippen LogP contribution is -2.46. The predicted octanol–water partition coefficient (Wildman–Crippen LogP) is 5.07. The fourth-order valence-electron chi connectivity index (χ4n) is 2.64. The first kappa shape index (κ1) is 29.0. The average molecular weight is 454 g/mol. The Kier molecular flexibility index (Phi) is 14.7. The van der Waals surface area contributed by atoms with Crippen molar-refractivity contribution in [3.05, 3.63) is 34.9 Å². The lowest BCUT2D eigenvalue weighted by Gasteiger charge is -2.19. The van der Waals surface area contributed by atoms with Gasteiger partial charge in [0.05, 0.1) is 5.92 Å². The van der Waals surface area contributed by atoms with Crippen LogP contribution in [-0.4, -0.2) is 45.6 Å². The number of nitrogens with one attached hydrogen (secondary N) is 1. The van der Waals surface area contributed by atoms with Crippen molar-refractivity contribution in [1.82, 2.24) is 5.32 Å². The summed E-state index contributed by atoms with van der Waals surface area (Å²) in [5, 5.41) is 20.8. The Morgan fingerprint density at radius 3 is 1.90 bits per heavy atom. The van der Waals surface area contributed by atoms with Crippen LogP contribution >= 0.6 is 11.8 Å². The number of carbonyl (C=O) groups excluding carboxylic acids is 1. The van der Waals surface area contributed by atoms with Crippen LogP contribution in [0.3, 0.4) is 0 Å². The highest BCUT2D eigenvalue weighted by Gasteiger charge is 2.29. The highest BCUT2D eigenvalue weighted by molar-refractivity contribution is 7.99. The first-order valence-corrected chi connectivity index (χ1v) is 11.9. The van der Waals surface area contributed by atoms with E-state index in [9.17, 15) is 19.5 Å². The minimum atomic E-state index is -1.12. The van der Waals surface area contributed by atoms with Gasteiger partial charge in [0.1, 0.15) is 6.04 Å². The second-order valence-corrected chi connectivity index (χ2v) is 9.39. The summed E-state index contributed by atoms with van der Waals surface area (Å²) in [6.07, 6.45) is 10.7. The minimum Gasteiger partial charge on any atom is -0.481 e. The lowest BCUT2D eigenvalue weighted by molar-refractivity contribution is -0.147. The number of hydrogen-bond donors (Lipinski definition) is 3. The molecule has 6 nitrogen and oxygen atoms in total. The van der Waals surface area contributed by atoms with Crippen LogP contribution in [0.1, 0.15) is 67.2 Å². The molecular weight excluding hydrogens is 414 g/mol. The maximum atomic E-state index is 12.1. The third kappa shape index (κ3) is 13.8. The van der Waals surface area contributed by atoms with Gasteiger partial charge in [-0.1, -0.05) is 48.8 Å². The molecule has 0 radical (unpaired) electrons. The van der Waals surface area contributed by atoms with E-state index in [-0.39, 0.29) is 5.75 Å². The zero-order chi connectivity index (χ0) is 24.0. The van der Waals surface area contributed by atoms with Crippen LogP contribution in [-0.2, 0) is 14.4 Å². The van der Waals surface area contributed by atoms with Gasteiger partial charge in [0.25, 0.3) is 0 Å². The molecule has 176 valence electrons. The van der Waals surface area contributed by atoms with Crippen molar-refractivity contribution < 1.29 is 24.6 Å². The summed E-state index contributed by atoms with van der Waals surface area (Å²) in [7, 11) is 0. The Morgan fingerprint density at radius 1 is 0.839 bits per heavy atom. The number of carboxylic acids is 2. The molecule has 0 aliphatic heterocycles. The summed E-state index contributed by atoms with van der Waals surface area (Å²) in [6.45, 7) is 11.4. The number of allylic oxidation sites excluding steroid dienone is 5. The van der Waals surface area contributed by atoms with Crippen LogP contribution in [0.15, 0.2) is 34.9 Å². The van der Waals surface area contributed by atoms with Gasteiger partial charge in [-0.25, -0.2) is 4.79 Å². The smallest absolute Gasteiger partial charge is 0.327 e. The van der Waals surface area contributed by atoms with Gasteiger partial charge in [-0.15, -0.1) is 0 Å². The van der Waals surface area contributed by atoms with Crippen molar-refractivity contribution in [2.24, 2.45) is 11.8 Å². The van der Waals surface area contributed by atoms with Crippen LogP contribution in [0.4, 0.5) is 0 Å². The second-order valence-electron chi connectivity index (χ2n) is 8.31. The number of aliphatic carboxylic acids is 2. The largest absolute Gasteiger partial charge is 0.481 e. The van der Waals surface area contributed by atoms with E-state index in [0.29, 0.717) is 5.75 Å². The highest BCUT2D eigenvalue weighted by Crippen LogP contribution is 2.14. The quantitative estimate of drug-likeness (QED) is 0.236. The van der Waals surface area contributed by atoms with E-state index in [4.69, 9.17) is 5.11 Å². The van der Waals surface area contributed by atoms with E-state index >= 15 is 0 Å². The normalized spacial score (nSPS) is 15.0. The molecule has 0 aromatic rings. The molecule has 3 atom stereocenters. The van der Waals surface area contributed by atoms with Gasteiger partial charge >= 0.3 is 11.9 Å². The molecule has 0 aliphatic carbocycles. The van der Waals surface area contributed by atoms with E-state index in [1.54, 1.807) is 0 Å². The summed E-state index contributed by atoms with van der Waals surface area (Å²) in [6, 6.07) is -1.04. The zero-order valence-corrected chi connectivity index (χ0v) is 20.6. The minimum absolute atomic E-state index is 0.225. The summed E-state index contributed by atoms with van der Waals surface area (Å²) in [4.78, 5) is 34.6. The molecule has 1 amide bonds. The molecular formula is C24H39NO5S. The number of carbonyl (C=O) groups is 3. The predicted molar refractivity (Wildman–Crippen MR) is 128 cm³/mol. The standard InChI is InChI=1S/C24H39NO5S/c1-16(2)9-7-10-17(3)11-8-12-18(4)13-14-31-15-21(24(29)30)25-22(26)19(5)20(6)23(27)28/h9,11,13,19-21H,7-8,10,12,14-15H2,1-6H3,(H,25,26)(H,27,28)(H,29,30)/t19-,20-,21-/m0/s1. The summed E-state index contributed by atoms with van der Waals surface area (Å²) >= 11 is 1.43. The van der Waals surface area contributed by atoms with Gasteiger partial charge in [-0.05, 0) is 53.4 Å². The highest BCUT2D eigenvalue weighted by atomic mass is 32.2. The number of thioether (sulfide) groups is 1. The Morgan fingerprint density at radius 2 is 1.39 bits per heavy atom. The molecule has 0 rings (SSSR count). The maximum Gasteiger partial charge on any atom is 0.327 e. The fraction of sp³-hybridized carbons (Fsp3) is 0.625. The molecule has 0 unspecified atom stereocenters. The molecule has 7 heteroatoms. The lowest BCUT2D eigenvalue weighted by atomic mass is 9.95. The van der Waals surface area contributed by atoms with E-state index in [2.05, 4.69) is 51.2 Å². The molecule has 0 spiro atoms. The molecule has 0 saturated carbocycles. The SMILES string of the molecule is CC(C)=CCCC(C)=CCCC(C)=CCSC[C@H](NC(=O)[C@@H](C)[C@H](C)C(=O)O)C(=O)O. The fourth-order valence-corrected chi connectivity index (χ4v) is 3.64. The third-order valence-corrected chi connectivity index (χ3v) is 6.10. The first-order valence-electron chi connectivity index (χ1n) is 10.7. The first-order chi connectivity index (χ1) is 14.5. The summed E-state index contributed by atoms with van der Waals surface area (Å²) in [5.74, 6) is -3.55. The summed E-state index contributed by atoms with van der Waals surface area (Å²) in [5.41, 5.74) is 3.99. The molecule has 0 heterocycles. The van der Waals surface area contributed by atoms with Gasteiger partial charge < -0.3 is 15.5 Å². The zero-order valence-electron chi connectivity index (χ0n) is 19.7. The van der Waals surface area contributed by atoms with Crippen LogP contribution in [0.2, 0.25) is 0 Å². The average Bonchev–Trinajstić information content (AvgIpc) is 2.68. The van der Waals surface area contributed by atoms with Crippen molar-refractivity contribution in [2.45, 2.75) is 73.3 Å².